The van der Waals surface area contributed by atoms with Crippen molar-refractivity contribution in [1.29, 1.82) is 0 Å². The molecule has 0 bridgehead atoms. The summed E-state index contributed by atoms with van der Waals surface area (Å²) in [4.78, 5) is 54.0. The lowest BCUT2D eigenvalue weighted by Crippen LogP contribution is -2.51. The molecule has 0 atom stereocenters. The molecule has 5 rings (SSSR count). The fourth-order valence-electron chi connectivity index (χ4n) is 4.38. The quantitative estimate of drug-likeness (QED) is 0.615. The highest BCUT2D eigenvalue weighted by atomic mass is 16.2. The molecule has 2 aliphatic heterocycles. The lowest BCUT2D eigenvalue weighted by Gasteiger charge is -2.36. The van der Waals surface area contributed by atoms with Gasteiger partial charge in [0.2, 0.25) is 0 Å². The lowest BCUT2D eigenvalue weighted by molar-refractivity contribution is 0.0553. The number of anilines is 1. The van der Waals surface area contributed by atoms with E-state index in [1.165, 1.54) is 9.91 Å². The predicted molar refractivity (Wildman–Crippen MR) is 115 cm³/mol. The van der Waals surface area contributed by atoms with E-state index in [1.807, 2.05) is 18.2 Å². The van der Waals surface area contributed by atoms with Crippen molar-refractivity contribution in [3.05, 3.63) is 76.9 Å². The summed E-state index contributed by atoms with van der Waals surface area (Å²) in [6.07, 6.45) is 0. The first-order chi connectivity index (χ1) is 14.8. The molecule has 7 nitrogen and oxygen atoms in total. The van der Waals surface area contributed by atoms with Gasteiger partial charge in [-0.3, -0.25) is 29.1 Å². The molecule has 0 saturated carbocycles. The first kappa shape index (κ1) is 19.0. The second kappa shape index (κ2) is 6.50. The van der Waals surface area contributed by atoms with Gasteiger partial charge in [-0.25, -0.2) is 0 Å². The maximum absolute atomic E-state index is 13.4. The van der Waals surface area contributed by atoms with Crippen LogP contribution in [0.3, 0.4) is 0 Å². The molecule has 3 aromatic rings. The van der Waals surface area contributed by atoms with Crippen LogP contribution in [0.2, 0.25) is 0 Å². The van der Waals surface area contributed by atoms with Crippen LogP contribution in [0.5, 0.6) is 0 Å². The van der Waals surface area contributed by atoms with Crippen molar-refractivity contribution < 1.29 is 19.2 Å². The largest absolute Gasteiger partial charge is 0.280 e. The van der Waals surface area contributed by atoms with E-state index in [0.717, 1.165) is 5.01 Å². The number of hydrogen-bond donors (Lipinski definition) is 0. The van der Waals surface area contributed by atoms with Gasteiger partial charge in [0.15, 0.2) is 0 Å². The number of carbonyl (C=O) groups excluding carboxylic acids is 4. The van der Waals surface area contributed by atoms with Crippen molar-refractivity contribution in [2.45, 2.75) is 19.9 Å². The number of hydrogen-bond acceptors (Lipinski definition) is 5. The summed E-state index contributed by atoms with van der Waals surface area (Å²) in [5, 5.41) is 3.34. The monoisotopic (exact) mass is 413 g/mol. The Labute approximate surface area is 178 Å². The van der Waals surface area contributed by atoms with Crippen LogP contribution in [0.1, 0.15) is 55.3 Å². The molecule has 0 aromatic heterocycles. The van der Waals surface area contributed by atoms with E-state index in [-0.39, 0.29) is 17.2 Å². The second-order valence-electron chi connectivity index (χ2n) is 7.93. The van der Waals surface area contributed by atoms with E-state index in [9.17, 15) is 19.2 Å². The Morgan fingerprint density at radius 2 is 1.06 bits per heavy atom. The topological polar surface area (TPSA) is 78.0 Å². The standard InChI is InChI=1S/C24H19N3O4/c1-13(2)26-21(28)15-9-11-17-20-18(12-10-16(19(15)20)22(26)29)24(31)27(23(17)30)25(3)14-7-5-4-6-8-14/h4-13H,1-3H3. The predicted octanol–water partition coefficient (Wildman–Crippen LogP) is 3.49. The van der Waals surface area contributed by atoms with Crippen LogP contribution in [-0.2, 0) is 0 Å². The Kier molecular flexibility index (Phi) is 3.98. The first-order valence-electron chi connectivity index (χ1n) is 9.98. The van der Waals surface area contributed by atoms with Gasteiger partial charge < -0.3 is 0 Å². The number of para-hydroxylation sites is 1. The highest BCUT2D eigenvalue weighted by Crippen LogP contribution is 2.38. The lowest BCUT2D eigenvalue weighted by atomic mass is 9.86. The second-order valence-corrected chi connectivity index (χ2v) is 7.93. The van der Waals surface area contributed by atoms with Gasteiger partial charge in [0.05, 0.1) is 16.8 Å². The SMILES string of the molecule is CC(C)N1C(=O)c2ccc3c4c(ccc(c24)C1=O)C(=O)N(N(C)c1ccccc1)C3=O. The summed E-state index contributed by atoms with van der Waals surface area (Å²) in [5.41, 5.74) is 1.91. The van der Waals surface area contributed by atoms with Crippen molar-refractivity contribution in [2.24, 2.45) is 0 Å². The van der Waals surface area contributed by atoms with Gasteiger partial charge in [-0.05, 0) is 50.2 Å². The molecule has 7 heteroatoms. The molecule has 0 saturated heterocycles. The van der Waals surface area contributed by atoms with E-state index >= 15 is 0 Å². The molecule has 31 heavy (non-hydrogen) atoms. The van der Waals surface area contributed by atoms with Crippen LogP contribution >= 0.6 is 0 Å². The molecule has 154 valence electrons. The van der Waals surface area contributed by atoms with Gasteiger partial charge in [0, 0.05) is 35.0 Å². The number of carbonyl (C=O) groups is 4. The molecule has 2 heterocycles. The van der Waals surface area contributed by atoms with Crippen LogP contribution in [-0.4, -0.2) is 46.6 Å². The van der Waals surface area contributed by atoms with Gasteiger partial charge in [0.1, 0.15) is 0 Å². The molecule has 0 fully saturated rings. The first-order valence-corrected chi connectivity index (χ1v) is 9.98. The molecule has 4 amide bonds. The number of amides is 4. The fourth-order valence-corrected chi connectivity index (χ4v) is 4.38. The van der Waals surface area contributed by atoms with Gasteiger partial charge in [-0.1, -0.05) is 18.2 Å². The minimum absolute atomic E-state index is 0.288. The Hall–Kier alpha value is -4.00. The Balaban J connectivity index is 1.73. The molecule has 2 aliphatic rings. The normalized spacial score (nSPS) is 15.4. The van der Waals surface area contributed by atoms with Crippen LogP contribution in [0, 0.1) is 0 Å². The number of nitrogens with zero attached hydrogens (tertiary/aromatic N) is 3. The maximum Gasteiger partial charge on any atom is 0.280 e. The van der Waals surface area contributed by atoms with Crippen molar-refractivity contribution in [2.75, 3.05) is 12.1 Å². The van der Waals surface area contributed by atoms with E-state index < -0.39 is 23.6 Å². The Bertz CT molecular complexity index is 1240. The third kappa shape index (κ3) is 2.46. The summed E-state index contributed by atoms with van der Waals surface area (Å²) in [6, 6.07) is 15.1. The van der Waals surface area contributed by atoms with Crippen LogP contribution < -0.4 is 5.01 Å². The molecule has 0 unspecified atom stereocenters. The van der Waals surface area contributed by atoms with Gasteiger partial charge in [0.25, 0.3) is 23.6 Å². The van der Waals surface area contributed by atoms with Crippen molar-refractivity contribution >= 4 is 40.1 Å². The van der Waals surface area contributed by atoms with E-state index in [4.69, 9.17) is 0 Å². The minimum Gasteiger partial charge on any atom is -0.278 e. The van der Waals surface area contributed by atoms with Gasteiger partial charge in [-0.15, -0.1) is 0 Å². The molecular formula is C24H19N3O4. The molecule has 0 spiro atoms. The maximum atomic E-state index is 13.4. The molecule has 0 aliphatic carbocycles. The Morgan fingerprint density at radius 1 is 0.645 bits per heavy atom. The smallest absolute Gasteiger partial charge is 0.278 e. The molecule has 3 aromatic carbocycles. The van der Waals surface area contributed by atoms with Crippen LogP contribution in [0.4, 0.5) is 5.69 Å². The number of benzene rings is 3. The highest BCUT2D eigenvalue weighted by Gasteiger charge is 2.41. The zero-order valence-electron chi connectivity index (χ0n) is 17.2. The van der Waals surface area contributed by atoms with E-state index in [0.29, 0.717) is 27.6 Å². The van der Waals surface area contributed by atoms with Crippen LogP contribution in [0.25, 0.3) is 10.8 Å². The van der Waals surface area contributed by atoms with E-state index in [2.05, 4.69) is 0 Å². The molecular weight excluding hydrogens is 394 g/mol. The van der Waals surface area contributed by atoms with Crippen molar-refractivity contribution in [3.63, 3.8) is 0 Å². The third-order valence-corrected chi connectivity index (χ3v) is 5.85. The molecule has 0 radical (unpaired) electrons. The van der Waals surface area contributed by atoms with Gasteiger partial charge in [-0.2, -0.15) is 5.01 Å². The average Bonchev–Trinajstić information content (AvgIpc) is 2.76. The minimum atomic E-state index is -0.501. The Morgan fingerprint density at radius 3 is 1.48 bits per heavy atom. The van der Waals surface area contributed by atoms with Crippen LogP contribution in [0.15, 0.2) is 54.6 Å². The summed E-state index contributed by atoms with van der Waals surface area (Å²) in [5.74, 6) is -1.84. The van der Waals surface area contributed by atoms with Crippen molar-refractivity contribution in [3.8, 4) is 0 Å². The number of hydrazine groups is 1. The summed E-state index contributed by atoms with van der Waals surface area (Å²) in [6.45, 7) is 3.54. The average molecular weight is 413 g/mol. The summed E-state index contributed by atoms with van der Waals surface area (Å²) in [7, 11) is 1.65. The third-order valence-electron chi connectivity index (χ3n) is 5.85. The summed E-state index contributed by atoms with van der Waals surface area (Å²) < 4.78 is 0. The van der Waals surface area contributed by atoms with Crippen molar-refractivity contribution in [1.82, 2.24) is 9.91 Å². The fraction of sp³-hybridized carbons (Fsp3) is 0.167. The zero-order valence-corrected chi connectivity index (χ0v) is 17.2. The van der Waals surface area contributed by atoms with E-state index in [1.54, 1.807) is 57.3 Å². The zero-order chi connectivity index (χ0) is 22.0. The number of rotatable bonds is 3. The summed E-state index contributed by atoms with van der Waals surface area (Å²) >= 11 is 0. The van der Waals surface area contributed by atoms with Gasteiger partial charge >= 0.3 is 0 Å². The highest BCUT2D eigenvalue weighted by molar-refractivity contribution is 6.33. The molecule has 0 N–H and O–H groups in total. The number of imide groups is 2.